The molecule has 250 valence electrons. The van der Waals surface area contributed by atoms with E-state index >= 15 is 0 Å². The Morgan fingerprint density at radius 2 is 1.66 bits per heavy atom. The van der Waals surface area contributed by atoms with Crippen LogP contribution in [0.25, 0.3) is 0 Å². The van der Waals surface area contributed by atoms with E-state index in [1.165, 1.54) is 0 Å². The number of unbranched alkanes of at least 4 members (excludes halogenated alkanes) is 1. The van der Waals surface area contributed by atoms with Crippen molar-refractivity contribution in [1.29, 1.82) is 0 Å². The van der Waals surface area contributed by atoms with Gasteiger partial charge in [0.15, 0.2) is 5.96 Å². The summed E-state index contributed by atoms with van der Waals surface area (Å²) in [6, 6.07) is -1.77. The van der Waals surface area contributed by atoms with Crippen LogP contribution >= 0.6 is 11.8 Å². The molecule has 0 bridgehead atoms. The molecular weight excluding hydrogens is 596 g/mol. The van der Waals surface area contributed by atoms with Gasteiger partial charge in [0.2, 0.25) is 23.6 Å². The molecule has 0 aromatic rings. The van der Waals surface area contributed by atoms with E-state index in [-0.39, 0.29) is 62.5 Å². The molecule has 18 heteroatoms. The molecule has 0 aromatic heterocycles. The van der Waals surface area contributed by atoms with Gasteiger partial charge in [0.25, 0.3) is 0 Å². The van der Waals surface area contributed by atoms with Gasteiger partial charge in [-0.2, -0.15) is 11.8 Å². The van der Waals surface area contributed by atoms with Gasteiger partial charge < -0.3 is 59.0 Å². The van der Waals surface area contributed by atoms with Gasteiger partial charge in [0, 0.05) is 37.1 Å². The predicted molar refractivity (Wildman–Crippen MR) is 165 cm³/mol. The van der Waals surface area contributed by atoms with Crippen LogP contribution in [0.1, 0.15) is 44.9 Å². The molecule has 0 saturated carbocycles. The number of nitrogens with one attached hydrogen (secondary N) is 5. The minimum Gasteiger partial charge on any atom is -0.377 e. The van der Waals surface area contributed by atoms with E-state index in [2.05, 4.69) is 31.6 Å². The number of urea groups is 1. The van der Waals surface area contributed by atoms with E-state index in [0.717, 1.165) is 25.0 Å². The van der Waals surface area contributed by atoms with Crippen molar-refractivity contribution in [2.75, 3.05) is 51.8 Å². The second kappa shape index (κ2) is 20.6. The number of hydrogen-bond acceptors (Lipinski definition) is 10. The smallest absolute Gasteiger partial charge is 0.315 e. The molecule has 0 aliphatic carbocycles. The Labute approximate surface area is 261 Å². The molecular formula is C26H48N10O7S. The average molecular weight is 645 g/mol. The number of nitrogens with two attached hydrogens (primary N) is 4. The van der Waals surface area contributed by atoms with Crippen molar-refractivity contribution < 1.29 is 33.4 Å². The normalized spacial score (nSPS) is 20.0. The van der Waals surface area contributed by atoms with E-state index in [1.807, 2.05) is 11.8 Å². The third-order valence-electron chi connectivity index (χ3n) is 6.90. The van der Waals surface area contributed by atoms with Gasteiger partial charge in [-0.25, -0.2) is 4.79 Å². The van der Waals surface area contributed by atoms with Crippen LogP contribution in [0.4, 0.5) is 4.79 Å². The van der Waals surface area contributed by atoms with Crippen LogP contribution in [0.15, 0.2) is 4.99 Å². The second-order valence-corrected chi connectivity index (χ2v) is 11.8. The maximum atomic E-state index is 12.6. The summed E-state index contributed by atoms with van der Waals surface area (Å²) in [6.45, 7) is 2.02. The predicted octanol–water partition coefficient (Wildman–Crippen LogP) is -3.28. The molecule has 2 fully saturated rings. The zero-order valence-corrected chi connectivity index (χ0v) is 25.8. The Morgan fingerprint density at radius 1 is 0.955 bits per heavy atom. The first-order chi connectivity index (χ1) is 21.1. The third-order valence-corrected chi connectivity index (χ3v) is 8.41. The maximum Gasteiger partial charge on any atom is 0.315 e. The van der Waals surface area contributed by atoms with Crippen molar-refractivity contribution >= 4 is 47.4 Å². The molecule has 2 aliphatic rings. The molecule has 13 N–H and O–H groups in total. The Kier molecular flexibility index (Phi) is 17.2. The van der Waals surface area contributed by atoms with Gasteiger partial charge in [0.1, 0.15) is 6.04 Å². The van der Waals surface area contributed by atoms with Crippen LogP contribution in [0.5, 0.6) is 0 Å². The Balaban J connectivity index is 1.49. The maximum absolute atomic E-state index is 12.6. The fourth-order valence-corrected chi connectivity index (χ4v) is 6.22. The summed E-state index contributed by atoms with van der Waals surface area (Å²) in [4.78, 5) is 63.3. The number of carbonyl (C=O) groups excluding carboxylic acids is 5. The third kappa shape index (κ3) is 14.9. The highest BCUT2D eigenvalue weighted by Gasteiger charge is 2.42. The van der Waals surface area contributed by atoms with Crippen molar-refractivity contribution in [1.82, 2.24) is 26.6 Å². The highest BCUT2D eigenvalue weighted by Crippen LogP contribution is 2.33. The molecule has 0 aromatic carbocycles. The molecule has 0 radical (unpaired) electrons. The molecule has 2 rings (SSSR count). The summed E-state index contributed by atoms with van der Waals surface area (Å²) in [5.41, 5.74) is 21.4. The topological polar surface area (TPSA) is 280 Å². The van der Waals surface area contributed by atoms with Crippen LogP contribution in [0.2, 0.25) is 0 Å². The number of hydrogen-bond donors (Lipinski definition) is 9. The molecule has 2 heterocycles. The van der Waals surface area contributed by atoms with Gasteiger partial charge in [-0.1, -0.05) is 6.42 Å². The highest BCUT2D eigenvalue weighted by molar-refractivity contribution is 8.00. The number of fused-ring (bicyclic) bond motifs is 1. The lowest BCUT2D eigenvalue weighted by Gasteiger charge is -2.20. The zero-order valence-electron chi connectivity index (χ0n) is 25.0. The van der Waals surface area contributed by atoms with Gasteiger partial charge >= 0.3 is 6.03 Å². The molecule has 6 amide bonds. The number of aliphatic imine (C=N–C) groups is 1. The van der Waals surface area contributed by atoms with E-state index in [4.69, 9.17) is 32.4 Å². The lowest BCUT2D eigenvalue weighted by Crippen LogP contribution is -2.52. The van der Waals surface area contributed by atoms with E-state index in [0.29, 0.717) is 44.5 Å². The van der Waals surface area contributed by atoms with Crippen LogP contribution in [-0.2, 0) is 28.7 Å². The van der Waals surface area contributed by atoms with E-state index in [1.54, 1.807) is 0 Å². The van der Waals surface area contributed by atoms with Gasteiger partial charge in [-0.15, -0.1) is 0 Å². The SMILES string of the molecule is NC(=O)CC(N)C(=O)NC(CCCN=C(N)N)C(=O)NCCOCCOCCNC(=O)CCCCC1SCC2NC(=O)NC21. The van der Waals surface area contributed by atoms with Crippen molar-refractivity contribution in [3.05, 3.63) is 0 Å². The number of nitrogens with zero attached hydrogens (tertiary/aromatic N) is 1. The first-order valence-corrected chi connectivity index (χ1v) is 15.9. The molecule has 2 saturated heterocycles. The van der Waals surface area contributed by atoms with Crippen LogP contribution < -0.4 is 49.5 Å². The first kappa shape index (κ1) is 36.8. The Morgan fingerprint density at radius 3 is 2.34 bits per heavy atom. The van der Waals surface area contributed by atoms with Gasteiger partial charge in [0.05, 0.1) is 51.0 Å². The molecule has 5 unspecified atom stereocenters. The van der Waals surface area contributed by atoms with Crippen molar-refractivity contribution in [3.8, 4) is 0 Å². The number of carbonyl (C=O) groups is 5. The standard InChI is InChI=1S/C26H48N10O7S/c27-16(14-20(28)37)23(39)34-17(4-3-7-33-25(29)30)24(40)32-9-11-43-13-12-42-10-8-31-21(38)6-2-1-5-19-22-18(15-44-19)35-26(41)36-22/h16-19,22H,1-15,27H2,(H2,28,37)(H,31,38)(H,32,40)(H,34,39)(H4,29,30,33)(H2,35,36,41). The summed E-state index contributed by atoms with van der Waals surface area (Å²) in [5.74, 6) is -1.02. The summed E-state index contributed by atoms with van der Waals surface area (Å²) < 4.78 is 10.9. The highest BCUT2D eigenvalue weighted by atomic mass is 32.2. The fraction of sp³-hybridized carbons (Fsp3) is 0.769. The summed E-state index contributed by atoms with van der Waals surface area (Å²) in [6.07, 6.45) is 3.45. The minimum absolute atomic E-state index is 0.0195. The lowest BCUT2D eigenvalue weighted by molar-refractivity contribution is -0.131. The summed E-state index contributed by atoms with van der Waals surface area (Å²) in [5, 5.41) is 14.4. The fourth-order valence-electron chi connectivity index (χ4n) is 4.68. The average Bonchev–Trinajstić information content (AvgIpc) is 3.52. The van der Waals surface area contributed by atoms with Gasteiger partial charge in [-0.3, -0.25) is 24.2 Å². The molecule has 44 heavy (non-hydrogen) atoms. The van der Waals surface area contributed by atoms with Crippen molar-refractivity contribution in [2.24, 2.45) is 27.9 Å². The number of rotatable bonds is 23. The largest absolute Gasteiger partial charge is 0.377 e. The zero-order chi connectivity index (χ0) is 32.3. The molecule has 0 spiro atoms. The Bertz CT molecular complexity index is 985. The van der Waals surface area contributed by atoms with Crippen LogP contribution in [0, 0.1) is 0 Å². The molecule has 2 aliphatic heterocycles. The molecule has 5 atom stereocenters. The number of guanidine groups is 1. The summed E-state index contributed by atoms with van der Waals surface area (Å²) >= 11 is 1.87. The molecule has 17 nitrogen and oxygen atoms in total. The monoisotopic (exact) mass is 644 g/mol. The van der Waals surface area contributed by atoms with Gasteiger partial charge in [-0.05, 0) is 25.7 Å². The van der Waals surface area contributed by atoms with Crippen LogP contribution in [0.3, 0.4) is 0 Å². The number of thioether (sulfide) groups is 1. The lowest BCUT2D eigenvalue weighted by atomic mass is 10.0. The number of primary amides is 1. The van der Waals surface area contributed by atoms with Crippen LogP contribution in [-0.4, -0.2) is 117 Å². The quantitative estimate of drug-likeness (QED) is 0.0230. The Hall–Kier alpha value is -3.35. The summed E-state index contributed by atoms with van der Waals surface area (Å²) in [7, 11) is 0. The van der Waals surface area contributed by atoms with Crippen molar-refractivity contribution in [2.45, 2.75) is 74.4 Å². The second-order valence-electron chi connectivity index (χ2n) is 10.5. The first-order valence-electron chi connectivity index (χ1n) is 14.8. The number of amides is 6. The van der Waals surface area contributed by atoms with E-state index < -0.39 is 29.8 Å². The number of ether oxygens (including phenoxy) is 2. The van der Waals surface area contributed by atoms with Crippen molar-refractivity contribution in [3.63, 3.8) is 0 Å². The minimum atomic E-state index is -1.17. The van der Waals surface area contributed by atoms with E-state index in [9.17, 15) is 24.0 Å².